The lowest BCUT2D eigenvalue weighted by atomic mass is 10.2. The number of benzene rings is 1. The SMILES string of the molecule is N#Cc1ccccc1NC(=O)CCN1C(=O)COCC1=O. The van der Waals surface area contributed by atoms with Crippen LogP contribution in [0.5, 0.6) is 0 Å². The zero-order chi connectivity index (χ0) is 15.2. The number of nitrogens with zero attached hydrogens (tertiary/aromatic N) is 2. The molecule has 1 heterocycles. The molecule has 0 saturated carbocycles. The predicted octanol–water partition coefficient (Wildman–Crippen LogP) is 0.272. The maximum atomic E-state index is 11.8. The van der Waals surface area contributed by atoms with Crippen LogP contribution in [0.4, 0.5) is 5.69 Å². The van der Waals surface area contributed by atoms with Gasteiger partial charge in [-0.25, -0.2) is 0 Å². The van der Waals surface area contributed by atoms with Crippen LogP contribution in [0.15, 0.2) is 24.3 Å². The smallest absolute Gasteiger partial charge is 0.255 e. The van der Waals surface area contributed by atoms with Crippen molar-refractivity contribution in [3.63, 3.8) is 0 Å². The number of nitriles is 1. The molecule has 7 heteroatoms. The number of nitrogens with one attached hydrogen (secondary N) is 1. The summed E-state index contributed by atoms with van der Waals surface area (Å²) in [5.74, 6) is -1.27. The molecule has 0 atom stereocenters. The second-order valence-electron chi connectivity index (χ2n) is 4.39. The molecule has 0 bridgehead atoms. The first-order valence-corrected chi connectivity index (χ1v) is 6.31. The lowest BCUT2D eigenvalue weighted by Crippen LogP contribution is -2.47. The van der Waals surface area contributed by atoms with E-state index >= 15 is 0 Å². The molecule has 1 aromatic rings. The summed E-state index contributed by atoms with van der Waals surface area (Å²) in [5.41, 5.74) is 0.758. The van der Waals surface area contributed by atoms with Crippen LogP contribution < -0.4 is 5.32 Å². The molecule has 21 heavy (non-hydrogen) atoms. The Morgan fingerprint density at radius 3 is 2.62 bits per heavy atom. The number of ether oxygens (including phenoxy) is 1. The van der Waals surface area contributed by atoms with Crippen LogP contribution in [-0.2, 0) is 19.1 Å². The lowest BCUT2D eigenvalue weighted by Gasteiger charge is -2.24. The number of hydrogen-bond donors (Lipinski definition) is 1. The minimum absolute atomic E-state index is 0.00157. The van der Waals surface area contributed by atoms with Crippen molar-refractivity contribution in [1.29, 1.82) is 5.26 Å². The first kappa shape index (κ1) is 14.7. The molecule has 0 aromatic heterocycles. The third-order valence-corrected chi connectivity index (χ3v) is 2.94. The van der Waals surface area contributed by atoms with Crippen LogP contribution in [0.2, 0.25) is 0 Å². The molecule has 1 aromatic carbocycles. The molecule has 1 N–H and O–H groups in total. The van der Waals surface area contributed by atoms with E-state index in [1.165, 1.54) is 0 Å². The van der Waals surface area contributed by atoms with Crippen LogP contribution in [0, 0.1) is 11.3 Å². The maximum absolute atomic E-state index is 11.8. The van der Waals surface area contributed by atoms with E-state index in [0.29, 0.717) is 11.3 Å². The zero-order valence-electron chi connectivity index (χ0n) is 11.2. The monoisotopic (exact) mass is 287 g/mol. The highest BCUT2D eigenvalue weighted by Gasteiger charge is 2.26. The summed E-state index contributed by atoms with van der Waals surface area (Å²) in [6.45, 7) is -0.295. The summed E-state index contributed by atoms with van der Waals surface area (Å²) in [6, 6.07) is 8.56. The third kappa shape index (κ3) is 3.64. The van der Waals surface area contributed by atoms with Gasteiger partial charge < -0.3 is 10.1 Å². The van der Waals surface area contributed by atoms with Crippen LogP contribution in [0.25, 0.3) is 0 Å². The Kier molecular flexibility index (Phi) is 4.64. The van der Waals surface area contributed by atoms with Crippen LogP contribution in [0.3, 0.4) is 0 Å². The van der Waals surface area contributed by atoms with Crippen molar-refractivity contribution in [2.45, 2.75) is 6.42 Å². The molecular formula is C14H13N3O4. The number of para-hydroxylation sites is 1. The molecule has 0 aliphatic carbocycles. The number of carbonyl (C=O) groups is 3. The van der Waals surface area contributed by atoms with Gasteiger partial charge in [0, 0.05) is 13.0 Å². The Hall–Kier alpha value is -2.72. The minimum Gasteiger partial charge on any atom is -0.362 e. The van der Waals surface area contributed by atoms with Gasteiger partial charge in [-0.05, 0) is 12.1 Å². The van der Waals surface area contributed by atoms with E-state index in [1.807, 2.05) is 6.07 Å². The number of hydrogen-bond acceptors (Lipinski definition) is 5. The van der Waals surface area contributed by atoms with Crippen molar-refractivity contribution in [3.8, 4) is 6.07 Å². The second-order valence-corrected chi connectivity index (χ2v) is 4.39. The van der Waals surface area contributed by atoms with E-state index in [4.69, 9.17) is 10.00 Å². The van der Waals surface area contributed by atoms with E-state index < -0.39 is 11.8 Å². The molecule has 7 nitrogen and oxygen atoms in total. The van der Waals surface area contributed by atoms with Gasteiger partial charge >= 0.3 is 0 Å². The number of imide groups is 1. The summed E-state index contributed by atoms with van der Waals surface area (Å²) in [5, 5.41) is 11.5. The van der Waals surface area contributed by atoms with E-state index in [-0.39, 0.29) is 32.1 Å². The Bertz CT molecular complexity index is 605. The van der Waals surface area contributed by atoms with Gasteiger partial charge in [-0.15, -0.1) is 0 Å². The highest BCUT2D eigenvalue weighted by molar-refractivity contribution is 5.99. The van der Waals surface area contributed by atoms with E-state index in [9.17, 15) is 14.4 Å². The molecule has 1 aliphatic heterocycles. The van der Waals surface area contributed by atoms with Gasteiger partial charge in [-0.3, -0.25) is 19.3 Å². The van der Waals surface area contributed by atoms with Gasteiger partial charge in [0.25, 0.3) is 11.8 Å². The van der Waals surface area contributed by atoms with Gasteiger partial charge in [0.1, 0.15) is 19.3 Å². The average Bonchev–Trinajstić information content (AvgIpc) is 2.47. The Labute approximate surface area is 121 Å². The topological polar surface area (TPSA) is 99.5 Å². The van der Waals surface area contributed by atoms with Crippen molar-refractivity contribution in [1.82, 2.24) is 4.90 Å². The summed E-state index contributed by atoms with van der Waals surface area (Å²) in [7, 11) is 0. The van der Waals surface area contributed by atoms with Gasteiger partial charge in [0.2, 0.25) is 5.91 Å². The van der Waals surface area contributed by atoms with Crippen molar-refractivity contribution in [3.05, 3.63) is 29.8 Å². The Balaban J connectivity index is 1.92. The molecule has 1 aliphatic rings. The average molecular weight is 287 g/mol. The molecular weight excluding hydrogens is 274 g/mol. The van der Waals surface area contributed by atoms with Crippen LogP contribution >= 0.6 is 0 Å². The molecule has 1 fully saturated rings. The minimum atomic E-state index is -0.448. The summed E-state index contributed by atoms with van der Waals surface area (Å²) < 4.78 is 4.78. The second kappa shape index (κ2) is 6.63. The van der Waals surface area contributed by atoms with Crippen LogP contribution in [0.1, 0.15) is 12.0 Å². The number of morpholine rings is 1. The van der Waals surface area contributed by atoms with Gasteiger partial charge in [-0.2, -0.15) is 5.26 Å². The summed E-state index contributed by atoms with van der Waals surface area (Å²) >= 11 is 0. The molecule has 108 valence electrons. The summed E-state index contributed by atoms with van der Waals surface area (Å²) in [4.78, 5) is 35.8. The first-order valence-electron chi connectivity index (χ1n) is 6.31. The number of carbonyl (C=O) groups excluding carboxylic acids is 3. The molecule has 1 saturated heterocycles. The lowest BCUT2D eigenvalue weighted by molar-refractivity contribution is -0.158. The first-order chi connectivity index (χ1) is 10.1. The van der Waals surface area contributed by atoms with E-state index in [2.05, 4.69) is 5.32 Å². The highest BCUT2D eigenvalue weighted by atomic mass is 16.5. The predicted molar refractivity (Wildman–Crippen MR) is 71.9 cm³/mol. The fourth-order valence-electron chi connectivity index (χ4n) is 1.89. The molecule has 2 rings (SSSR count). The zero-order valence-corrected chi connectivity index (χ0v) is 11.2. The number of amides is 3. The van der Waals surface area contributed by atoms with Crippen molar-refractivity contribution >= 4 is 23.4 Å². The maximum Gasteiger partial charge on any atom is 0.255 e. The van der Waals surface area contributed by atoms with Crippen LogP contribution in [-0.4, -0.2) is 42.4 Å². The van der Waals surface area contributed by atoms with Crippen molar-refractivity contribution in [2.24, 2.45) is 0 Å². The Morgan fingerprint density at radius 1 is 1.29 bits per heavy atom. The van der Waals surface area contributed by atoms with Gasteiger partial charge in [0.15, 0.2) is 0 Å². The van der Waals surface area contributed by atoms with Gasteiger partial charge in [-0.1, -0.05) is 12.1 Å². The highest BCUT2D eigenvalue weighted by Crippen LogP contribution is 2.14. The molecule has 3 amide bonds. The molecule has 0 unspecified atom stereocenters. The van der Waals surface area contributed by atoms with Crippen molar-refractivity contribution < 1.29 is 19.1 Å². The number of anilines is 1. The largest absolute Gasteiger partial charge is 0.362 e. The van der Waals surface area contributed by atoms with E-state index in [0.717, 1.165) is 4.90 Å². The fourth-order valence-corrected chi connectivity index (χ4v) is 1.89. The molecule has 0 radical (unpaired) electrons. The summed E-state index contributed by atoms with van der Waals surface area (Å²) in [6.07, 6.45) is -0.0305. The Morgan fingerprint density at radius 2 is 1.95 bits per heavy atom. The normalized spacial score (nSPS) is 14.7. The quantitative estimate of drug-likeness (QED) is 0.801. The molecule has 0 spiro atoms. The van der Waals surface area contributed by atoms with Gasteiger partial charge in [0.05, 0.1) is 11.3 Å². The third-order valence-electron chi connectivity index (χ3n) is 2.94. The van der Waals surface area contributed by atoms with Crippen molar-refractivity contribution in [2.75, 3.05) is 25.1 Å². The fraction of sp³-hybridized carbons (Fsp3) is 0.286. The standard InChI is InChI=1S/C14H13N3O4/c15-7-10-3-1-2-4-11(10)16-12(18)5-6-17-13(19)8-21-9-14(17)20/h1-4H,5-6,8-9H2,(H,16,18). The van der Waals surface area contributed by atoms with E-state index in [1.54, 1.807) is 24.3 Å². The number of rotatable bonds is 4.